The summed E-state index contributed by atoms with van der Waals surface area (Å²) in [5, 5.41) is 4.45. The van der Waals surface area contributed by atoms with Crippen LogP contribution in [0.5, 0.6) is 5.75 Å². The molecule has 0 saturated heterocycles. The van der Waals surface area contributed by atoms with Crippen LogP contribution in [-0.2, 0) is 11.3 Å². The first kappa shape index (κ1) is 16.3. The zero-order valence-electron chi connectivity index (χ0n) is 13.6. The highest BCUT2D eigenvalue weighted by molar-refractivity contribution is 8.13. The Labute approximate surface area is 145 Å². The minimum absolute atomic E-state index is 0.0723. The van der Waals surface area contributed by atoms with Gasteiger partial charge in [-0.2, -0.15) is 0 Å². The van der Waals surface area contributed by atoms with Crippen molar-refractivity contribution in [1.29, 1.82) is 0 Å². The number of ether oxygens (including phenoxy) is 1. The summed E-state index contributed by atoms with van der Waals surface area (Å²) in [6.45, 7) is 2.25. The summed E-state index contributed by atoms with van der Waals surface area (Å²) >= 11 is 1.22. The molecule has 2 aromatic carbocycles. The summed E-state index contributed by atoms with van der Waals surface area (Å²) in [4.78, 5) is 16.8. The van der Waals surface area contributed by atoms with Crippen LogP contribution in [-0.4, -0.2) is 17.2 Å². The molecule has 3 rings (SSSR count). The molecule has 1 aromatic heterocycles. The first-order chi connectivity index (χ1) is 11.6. The molecule has 0 aliphatic carbocycles. The number of hydrogen-bond donors (Lipinski definition) is 1. The number of nitrogens with one attached hydrogen (secondary N) is 1. The van der Waals surface area contributed by atoms with Crippen LogP contribution in [0.1, 0.15) is 12.5 Å². The third-order valence-corrected chi connectivity index (χ3v) is 4.33. The van der Waals surface area contributed by atoms with Crippen LogP contribution in [0.3, 0.4) is 0 Å². The fourth-order valence-electron chi connectivity index (χ4n) is 2.36. The van der Waals surface area contributed by atoms with Crippen molar-refractivity contribution in [2.75, 3.05) is 12.4 Å². The number of fused-ring (bicyclic) bond motifs is 1. The van der Waals surface area contributed by atoms with E-state index in [9.17, 15) is 4.79 Å². The number of aromatic nitrogens is 1. The first-order valence-electron chi connectivity index (χ1n) is 7.60. The van der Waals surface area contributed by atoms with Crippen LogP contribution in [0.2, 0.25) is 0 Å². The predicted molar refractivity (Wildman–Crippen MR) is 98.6 cm³/mol. The van der Waals surface area contributed by atoms with E-state index in [1.807, 2.05) is 54.6 Å². The number of anilines is 1. The van der Waals surface area contributed by atoms with Crippen molar-refractivity contribution in [1.82, 2.24) is 4.98 Å². The van der Waals surface area contributed by atoms with Gasteiger partial charge in [-0.25, -0.2) is 4.98 Å². The van der Waals surface area contributed by atoms with Crippen LogP contribution in [0.15, 0.2) is 59.5 Å². The van der Waals surface area contributed by atoms with E-state index in [0.29, 0.717) is 6.54 Å². The number of pyridine rings is 1. The molecule has 1 heterocycles. The zero-order valence-corrected chi connectivity index (χ0v) is 14.4. The van der Waals surface area contributed by atoms with E-state index >= 15 is 0 Å². The second kappa shape index (κ2) is 7.36. The summed E-state index contributed by atoms with van der Waals surface area (Å²) in [6.07, 6.45) is 0. The lowest BCUT2D eigenvalue weighted by Gasteiger charge is -2.08. The second-order valence-corrected chi connectivity index (χ2v) is 6.60. The van der Waals surface area contributed by atoms with Crippen LogP contribution >= 0.6 is 11.8 Å². The van der Waals surface area contributed by atoms with E-state index in [1.54, 1.807) is 14.0 Å². The fourth-order valence-corrected chi connectivity index (χ4v) is 3.00. The fraction of sp³-hybridized carbons (Fsp3) is 0.158. The third kappa shape index (κ3) is 4.06. The number of rotatable bonds is 5. The molecule has 0 aliphatic rings. The molecule has 1 N–H and O–H groups in total. The van der Waals surface area contributed by atoms with Crippen molar-refractivity contribution < 1.29 is 9.53 Å². The highest BCUT2D eigenvalue weighted by atomic mass is 32.2. The molecule has 0 fully saturated rings. The molecule has 0 radical (unpaired) electrons. The van der Waals surface area contributed by atoms with E-state index in [2.05, 4.69) is 10.3 Å². The largest absolute Gasteiger partial charge is 0.497 e. The maximum absolute atomic E-state index is 11.2. The number of benzene rings is 2. The Morgan fingerprint density at radius 3 is 2.58 bits per heavy atom. The molecule has 0 bridgehead atoms. The molecule has 0 saturated carbocycles. The molecule has 4 nitrogen and oxygen atoms in total. The molecule has 0 unspecified atom stereocenters. The topological polar surface area (TPSA) is 51.2 Å². The molecule has 122 valence electrons. The number of carbonyl (C=O) groups excluding carboxylic acids is 1. The van der Waals surface area contributed by atoms with E-state index < -0.39 is 0 Å². The van der Waals surface area contributed by atoms with E-state index in [-0.39, 0.29) is 5.12 Å². The van der Waals surface area contributed by atoms with Gasteiger partial charge in [0, 0.05) is 23.8 Å². The molecule has 3 aromatic rings. The lowest BCUT2D eigenvalue weighted by Crippen LogP contribution is -2.01. The number of nitrogens with zero attached hydrogens (tertiary/aromatic N) is 1. The molecule has 0 aliphatic heterocycles. The number of hydrogen-bond acceptors (Lipinski definition) is 5. The minimum Gasteiger partial charge on any atom is -0.497 e. The van der Waals surface area contributed by atoms with Crippen molar-refractivity contribution >= 4 is 33.6 Å². The average Bonchev–Trinajstić information content (AvgIpc) is 2.59. The van der Waals surface area contributed by atoms with Crippen molar-refractivity contribution in [3.63, 3.8) is 0 Å². The zero-order chi connectivity index (χ0) is 16.9. The molecule has 0 amide bonds. The van der Waals surface area contributed by atoms with Crippen molar-refractivity contribution in [2.24, 2.45) is 0 Å². The summed E-state index contributed by atoms with van der Waals surface area (Å²) in [7, 11) is 1.66. The third-order valence-electron chi connectivity index (χ3n) is 3.56. The van der Waals surface area contributed by atoms with Gasteiger partial charge in [0.05, 0.1) is 12.6 Å². The Bertz CT molecular complexity index is 863. The Hall–Kier alpha value is -2.53. The predicted octanol–water partition coefficient (Wildman–Crippen LogP) is 4.49. The number of methoxy groups -OCH3 is 1. The Kier molecular flexibility index (Phi) is 5.01. The van der Waals surface area contributed by atoms with E-state index in [4.69, 9.17) is 4.74 Å². The minimum atomic E-state index is 0.0723. The summed E-state index contributed by atoms with van der Waals surface area (Å²) in [5.74, 6) is 1.65. The second-order valence-electron chi connectivity index (χ2n) is 5.35. The molecule has 0 atom stereocenters. The van der Waals surface area contributed by atoms with Gasteiger partial charge in [-0.05, 0) is 42.0 Å². The van der Waals surface area contributed by atoms with Gasteiger partial charge in [0.1, 0.15) is 11.6 Å². The summed E-state index contributed by atoms with van der Waals surface area (Å²) in [5.41, 5.74) is 2.03. The normalized spacial score (nSPS) is 10.6. The van der Waals surface area contributed by atoms with Crippen LogP contribution in [0.25, 0.3) is 10.9 Å². The summed E-state index contributed by atoms with van der Waals surface area (Å²) < 4.78 is 5.16. The Morgan fingerprint density at radius 2 is 1.88 bits per heavy atom. The van der Waals surface area contributed by atoms with Gasteiger partial charge in [-0.1, -0.05) is 30.0 Å². The van der Waals surface area contributed by atoms with Gasteiger partial charge < -0.3 is 10.1 Å². The SMILES string of the molecule is COc1ccc(CNc2ccc3ccc(SC(C)=O)cc3n2)cc1. The lowest BCUT2D eigenvalue weighted by atomic mass is 10.2. The molecule has 5 heteroatoms. The van der Waals surface area contributed by atoms with Crippen molar-refractivity contribution in [3.8, 4) is 5.75 Å². The number of thioether (sulfide) groups is 1. The molecule has 24 heavy (non-hydrogen) atoms. The Balaban J connectivity index is 1.74. The van der Waals surface area contributed by atoms with Gasteiger partial charge >= 0.3 is 0 Å². The van der Waals surface area contributed by atoms with Gasteiger partial charge in [-0.15, -0.1) is 0 Å². The highest BCUT2D eigenvalue weighted by Gasteiger charge is 2.03. The monoisotopic (exact) mass is 338 g/mol. The van der Waals surface area contributed by atoms with Crippen LogP contribution < -0.4 is 10.1 Å². The quantitative estimate of drug-likeness (QED) is 0.695. The number of carbonyl (C=O) groups is 1. The van der Waals surface area contributed by atoms with Gasteiger partial charge in [0.2, 0.25) is 0 Å². The maximum Gasteiger partial charge on any atom is 0.190 e. The van der Waals surface area contributed by atoms with Crippen molar-refractivity contribution in [3.05, 3.63) is 60.2 Å². The summed E-state index contributed by atoms with van der Waals surface area (Å²) in [6, 6.07) is 17.8. The van der Waals surface area contributed by atoms with Crippen molar-refractivity contribution in [2.45, 2.75) is 18.4 Å². The van der Waals surface area contributed by atoms with Gasteiger partial charge in [-0.3, -0.25) is 4.79 Å². The molecule has 0 spiro atoms. The molecular weight excluding hydrogens is 320 g/mol. The first-order valence-corrected chi connectivity index (χ1v) is 8.42. The van der Waals surface area contributed by atoms with Crippen LogP contribution in [0, 0.1) is 0 Å². The smallest absolute Gasteiger partial charge is 0.190 e. The van der Waals surface area contributed by atoms with E-state index in [1.165, 1.54) is 11.8 Å². The molecular formula is C19H18N2O2S. The van der Waals surface area contributed by atoms with Gasteiger partial charge in [0.15, 0.2) is 5.12 Å². The van der Waals surface area contributed by atoms with E-state index in [0.717, 1.165) is 32.9 Å². The highest BCUT2D eigenvalue weighted by Crippen LogP contribution is 2.24. The lowest BCUT2D eigenvalue weighted by molar-refractivity contribution is -0.109. The van der Waals surface area contributed by atoms with Crippen LogP contribution in [0.4, 0.5) is 5.82 Å². The van der Waals surface area contributed by atoms with Gasteiger partial charge in [0.25, 0.3) is 0 Å². The Morgan fingerprint density at radius 1 is 1.12 bits per heavy atom. The average molecular weight is 338 g/mol. The standard InChI is InChI=1S/C19H18N2O2S/c1-13(22)24-17-9-5-15-6-10-19(21-18(15)11-17)20-12-14-3-7-16(23-2)8-4-14/h3-11H,12H2,1-2H3,(H,20,21). The maximum atomic E-state index is 11.2.